The number of nitrogens with one attached hydrogen (secondary N) is 1. The van der Waals surface area contributed by atoms with E-state index in [1.165, 1.54) is 17.7 Å². The fourth-order valence-electron chi connectivity index (χ4n) is 3.50. The first kappa shape index (κ1) is 19.3. The summed E-state index contributed by atoms with van der Waals surface area (Å²) in [5, 5.41) is 2.91. The summed E-state index contributed by atoms with van der Waals surface area (Å²) in [6, 6.07) is 11.5. The molecule has 27 heavy (non-hydrogen) atoms. The van der Waals surface area contributed by atoms with E-state index in [0.29, 0.717) is 31.6 Å². The minimum atomic E-state index is -0.586. The van der Waals surface area contributed by atoms with Crippen LogP contribution in [0.1, 0.15) is 37.3 Å². The quantitative estimate of drug-likeness (QED) is 0.691. The predicted molar refractivity (Wildman–Crippen MR) is 101 cm³/mol. The average molecular weight is 373 g/mol. The molecule has 1 aliphatic carbocycles. The van der Waals surface area contributed by atoms with Gasteiger partial charge in [0.2, 0.25) is 5.91 Å². The molecule has 144 valence electrons. The Hall–Kier alpha value is -2.43. The zero-order chi connectivity index (χ0) is 19.4. The standard InChI is InChI=1S/C22H25F2NO2/c1-15-5-8-18(9-6-15)27-11-3-4-21(26)25-14-22(13-16(22)2)19-10-7-17(23)12-20(19)24/h5-10,12,16H,3-4,11,13-14H2,1-2H3,(H,25,26). The minimum Gasteiger partial charge on any atom is -0.494 e. The van der Waals surface area contributed by atoms with E-state index >= 15 is 0 Å². The largest absolute Gasteiger partial charge is 0.494 e. The molecule has 2 unspecified atom stereocenters. The summed E-state index contributed by atoms with van der Waals surface area (Å²) in [7, 11) is 0. The number of hydrogen-bond donors (Lipinski definition) is 1. The van der Waals surface area contributed by atoms with Gasteiger partial charge in [-0.15, -0.1) is 0 Å². The maximum absolute atomic E-state index is 14.1. The SMILES string of the molecule is Cc1ccc(OCCCC(=O)NCC2(c3ccc(F)cc3F)CC2C)cc1. The maximum atomic E-state index is 14.1. The maximum Gasteiger partial charge on any atom is 0.220 e. The Morgan fingerprint density at radius 2 is 1.93 bits per heavy atom. The Kier molecular flexibility index (Phi) is 5.78. The summed E-state index contributed by atoms with van der Waals surface area (Å²) in [6.45, 7) is 4.86. The lowest BCUT2D eigenvalue weighted by atomic mass is 9.92. The highest BCUT2D eigenvalue weighted by Gasteiger charge is 2.53. The van der Waals surface area contributed by atoms with Crippen molar-refractivity contribution in [1.82, 2.24) is 5.32 Å². The van der Waals surface area contributed by atoms with Gasteiger partial charge < -0.3 is 10.1 Å². The number of amides is 1. The lowest BCUT2D eigenvalue weighted by Crippen LogP contribution is -2.33. The minimum absolute atomic E-state index is 0.0801. The number of benzene rings is 2. The molecule has 0 aromatic heterocycles. The number of aryl methyl sites for hydroxylation is 1. The van der Waals surface area contributed by atoms with Gasteiger partial charge in [-0.05, 0) is 49.4 Å². The van der Waals surface area contributed by atoms with Gasteiger partial charge in [0, 0.05) is 24.4 Å². The molecule has 1 fully saturated rings. The molecule has 0 heterocycles. The molecule has 5 heteroatoms. The summed E-state index contributed by atoms with van der Waals surface area (Å²) in [5.74, 6) is -0.165. The van der Waals surface area contributed by atoms with Crippen LogP contribution in [0.3, 0.4) is 0 Å². The van der Waals surface area contributed by atoms with Crippen LogP contribution in [0.4, 0.5) is 8.78 Å². The van der Waals surface area contributed by atoms with E-state index in [1.54, 1.807) is 0 Å². The van der Waals surface area contributed by atoms with Crippen molar-refractivity contribution in [2.24, 2.45) is 5.92 Å². The Labute approximate surface area is 158 Å². The molecule has 1 aliphatic rings. The normalized spacial score (nSPS) is 21.0. The summed E-state index contributed by atoms with van der Waals surface area (Å²) >= 11 is 0. The van der Waals surface area contributed by atoms with Crippen molar-refractivity contribution in [1.29, 1.82) is 0 Å². The fraction of sp³-hybridized carbons (Fsp3) is 0.409. The van der Waals surface area contributed by atoms with Gasteiger partial charge in [-0.3, -0.25) is 4.79 Å². The van der Waals surface area contributed by atoms with Crippen LogP contribution in [0.5, 0.6) is 5.75 Å². The van der Waals surface area contributed by atoms with Crippen molar-refractivity contribution >= 4 is 5.91 Å². The van der Waals surface area contributed by atoms with Crippen LogP contribution in [0.25, 0.3) is 0 Å². The third-order valence-corrected chi connectivity index (χ3v) is 5.36. The molecule has 0 spiro atoms. The summed E-state index contributed by atoms with van der Waals surface area (Å²) in [5.41, 5.74) is 1.23. The van der Waals surface area contributed by atoms with E-state index in [0.717, 1.165) is 18.2 Å². The number of halogens is 2. The first-order valence-electron chi connectivity index (χ1n) is 9.32. The highest BCUT2D eigenvalue weighted by Crippen LogP contribution is 2.54. The summed E-state index contributed by atoms with van der Waals surface area (Å²) < 4.78 is 32.9. The molecular weight excluding hydrogens is 348 g/mol. The Balaban J connectivity index is 1.45. The third-order valence-electron chi connectivity index (χ3n) is 5.36. The van der Waals surface area contributed by atoms with Crippen LogP contribution < -0.4 is 10.1 Å². The Bertz CT molecular complexity index is 806. The topological polar surface area (TPSA) is 38.3 Å². The molecule has 2 aromatic rings. The zero-order valence-electron chi connectivity index (χ0n) is 15.7. The van der Waals surface area contributed by atoms with Gasteiger partial charge in [-0.25, -0.2) is 8.78 Å². The first-order valence-corrected chi connectivity index (χ1v) is 9.32. The predicted octanol–water partition coefficient (Wildman–Crippen LogP) is 4.53. The molecule has 0 radical (unpaired) electrons. The second-order valence-corrected chi connectivity index (χ2v) is 7.43. The molecular formula is C22H25F2NO2. The second-order valence-electron chi connectivity index (χ2n) is 7.43. The molecule has 0 bridgehead atoms. The Morgan fingerprint density at radius 1 is 1.22 bits per heavy atom. The Morgan fingerprint density at radius 3 is 2.56 bits per heavy atom. The molecule has 1 saturated carbocycles. The zero-order valence-corrected chi connectivity index (χ0v) is 15.7. The molecule has 1 N–H and O–H groups in total. The van der Waals surface area contributed by atoms with Crippen molar-refractivity contribution in [3.63, 3.8) is 0 Å². The average Bonchev–Trinajstić information content (AvgIpc) is 3.29. The van der Waals surface area contributed by atoms with Crippen molar-refractivity contribution in [3.05, 3.63) is 65.2 Å². The monoisotopic (exact) mass is 373 g/mol. The van der Waals surface area contributed by atoms with Crippen LogP contribution in [-0.4, -0.2) is 19.1 Å². The molecule has 0 aliphatic heterocycles. The first-order chi connectivity index (χ1) is 12.9. The number of carbonyl (C=O) groups excluding carboxylic acids is 1. The number of rotatable bonds is 8. The van der Waals surface area contributed by atoms with Gasteiger partial charge >= 0.3 is 0 Å². The lowest BCUT2D eigenvalue weighted by Gasteiger charge is -2.19. The van der Waals surface area contributed by atoms with Crippen molar-refractivity contribution < 1.29 is 18.3 Å². The van der Waals surface area contributed by atoms with Crippen molar-refractivity contribution in [2.75, 3.05) is 13.2 Å². The van der Waals surface area contributed by atoms with Gasteiger partial charge in [-0.2, -0.15) is 0 Å². The van der Waals surface area contributed by atoms with E-state index in [1.807, 2.05) is 38.1 Å². The number of carbonyl (C=O) groups is 1. The van der Waals surface area contributed by atoms with Gasteiger partial charge in [-0.1, -0.05) is 30.7 Å². The van der Waals surface area contributed by atoms with E-state index in [2.05, 4.69) is 5.32 Å². The third kappa shape index (κ3) is 4.65. The van der Waals surface area contributed by atoms with Gasteiger partial charge in [0.25, 0.3) is 0 Å². The van der Waals surface area contributed by atoms with Crippen LogP contribution in [0.15, 0.2) is 42.5 Å². The van der Waals surface area contributed by atoms with Crippen LogP contribution in [-0.2, 0) is 10.2 Å². The lowest BCUT2D eigenvalue weighted by molar-refractivity contribution is -0.121. The molecule has 2 atom stereocenters. The second kappa shape index (κ2) is 8.07. The van der Waals surface area contributed by atoms with Gasteiger partial charge in [0.15, 0.2) is 0 Å². The number of hydrogen-bond acceptors (Lipinski definition) is 2. The fourth-order valence-corrected chi connectivity index (χ4v) is 3.50. The highest BCUT2D eigenvalue weighted by molar-refractivity contribution is 5.76. The van der Waals surface area contributed by atoms with E-state index in [-0.39, 0.29) is 11.8 Å². The molecule has 2 aromatic carbocycles. The van der Waals surface area contributed by atoms with Crippen molar-refractivity contribution in [3.8, 4) is 5.75 Å². The summed E-state index contributed by atoms with van der Waals surface area (Å²) in [6.07, 6.45) is 1.74. The molecule has 3 nitrogen and oxygen atoms in total. The molecule has 3 rings (SSSR count). The number of ether oxygens (including phenoxy) is 1. The summed E-state index contributed by atoms with van der Waals surface area (Å²) in [4.78, 5) is 12.1. The smallest absolute Gasteiger partial charge is 0.220 e. The van der Waals surface area contributed by atoms with E-state index < -0.39 is 17.0 Å². The van der Waals surface area contributed by atoms with E-state index in [9.17, 15) is 13.6 Å². The highest BCUT2D eigenvalue weighted by atomic mass is 19.1. The van der Waals surface area contributed by atoms with Crippen LogP contribution in [0, 0.1) is 24.5 Å². The van der Waals surface area contributed by atoms with Crippen molar-refractivity contribution in [2.45, 2.75) is 38.5 Å². The van der Waals surface area contributed by atoms with Crippen LogP contribution >= 0.6 is 0 Å². The van der Waals surface area contributed by atoms with Gasteiger partial charge in [0.1, 0.15) is 17.4 Å². The van der Waals surface area contributed by atoms with E-state index in [4.69, 9.17) is 4.74 Å². The molecule has 0 saturated heterocycles. The van der Waals surface area contributed by atoms with Crippen LogP contribution in [0.2, 0.25) is 0 Å². The van der Waals surface area contributed by atoms with Gasteiger partial charge in [0.05, 0.1) is 6.61 Å². The molecule has 1 amide bonds.